The molecule has 1 aromatic rings. The van der Waals surface area contributed by atoms with E-state index in [1.807, 2.05) is 6.07 Å². The average molecular weight is 302 g/mol. The SMILES string of the molecule is Cc1cccc(NS(=O)(=O)CCS(C)(=O)=O)c1C#N. The lowest BCUT2D eigenvalue weighted by Gasteiger charge is -2.10. The monoisotopic (exact) mass is 302 g/mol. The van der Waals surface area contributed by atoms with Gasteiger partial charge in [-0.15, -0.1) is 0 Å². The van der Waals surface area contributed by atoms with Crippen LogP contribution in [0.5, 0.6) is 0 Å². The van der Waals surface area contributed by atoms with Gasteiger partial charge >= 0.3 is 0 Å². The van der Waals surface area contributed by atoms with Crippen molar-refractivity contribution in [2.24, 2.45) is 0 Å². The van der Waals surface area contributed by atoms with Gasteiger partial charge in [-0.3, -0.25) is 4.72 Å². The molecule has 0 atom stereocenters. The number of rotatable bonds is 5. The molecule has 0 aromatic heterocycles. The molecule has 8 heteroatoms. The number of benzene rings is 1. The molecule has 6 nitrogen and oxygen atoms in total. The average Bonchev–Trinajstić information content (AvgIpc) is 2.26. The lowest BCUT2D eigenvalue weighted by molar-refractivity contribution is 0.593. The number of nitrogens with one attached hydrogen (secondary N) is 1. The fraction of sp³-hybridized carbons (Fsp3) is 0.364. The minimum absolute atomic E-state index is 0.163. The highest BCUT2D eigenvalue weighted by Crippen LogP contribution is 2.19. The predicted molar refractivity (Wildman–Crippen MR) is 73.0 cm³/mol. The summed E-state index contributed by atoms with van der Waals surface area (Å²) in [5.74, 6) is -0.999. The summed E-state index contributed by atoms with van der Waals surface area (Å²) in [6.45, 7) is 1.69. The van der Waals surface area contributed by atoms with Crippen LogP contribution in [0.1, 0.15) is 11.1 Å². The van der Waals surface area contributed by atoms with Crippen LogP contribution in [0, 0.1) is 18.3 Å². The molecule has 0 fully saturated rings. The van der Waals surface area contributed by atoms with Gasteiger partial charge in [0.2, 0.25) is 10.0 Å². The Kier molecular flexibility index (Phi) is 4.55. The van der Waals surface area contributed by atoms with Crippen molar-refractivity contribution in [3.8, 4) is 6.07 Å². The van der Waals surface area contributed by atoms with Crippen LogP contribution in [0.4, 0.5) is 5.69 Å². The Labute approximate surface area is 113 Å². The maximum atomic E-state index is 11.7. The molecule has 19 heavy (non-hydrogen) atoms. The molecule has 0 aliphatic carbocycles. The minimum atomic E-state index is -3.80. The number of nitriles is 1. The second kappa shape index (κ2) is 5.59. The van der Waals surface area contributed by atoms with E-state index in [9.17, 15) is 16.8 Å². The fourth-order valence-electron chi connectivity index (χ4n) is 1.38. The van der Waals surface area contributed by atoms with Crippen molar-refractivity contribution in [1.29, 1.82) is 5.26 Å². The smallest absolute Gasteiger partial charge is 0.233 e. The number of hydrogen-bond acceptors (Lipinski definition) is 5. The first-order valence-electron chi connectivity index (χ1n) is 5.32. The third kappa shape index (κ3) is 4.89. The predicted octanol–water partition coefficient (Wildman–Crippen LogP) is 0.653. The van der Waals surface area contributed by atoms with Gasteiger partial charge in [0.05, 0.1) is 22.8 Å². The van der Waals surface area contributed by atoms with Crippen LogP contribution in [0.15, 0.2) is 18.2 Å². The minimum Gasteiger partial charge on any atom is -0.282 e. The topological polar surface area (TPSA) is 104 Å². The molecule has 0 spiro atoms. The van der Waals surface area contributed by atoms with Crippen molar-refractivity contribution < 1.29 is 16.8 Å². The Hall–Kier alpha value is -1.59. The molecule has 0 saturated carbocycles. The van der Waals surface area contributed by atoms with Crippen LogP contribution >= 0.6 is 0 Å². The lowest BCUT2D eigenvalue weighted by atomic mass is 10.1. The number of nitrogens with zero attached hydrogens (tertiary/aromatic N) is 1. The first-order valence-corrected chi connectivity index (χ1v) is 9.04. The van der Waals surface area contributed by atoms with Gasteiger partial charge in [0.1, 0.15) is 15.9 Å². The summed E-state index contributed by atoms with van der Waals surface area (Å²) in [7, 11) is -7.16. The van der Waals surface area contributed by atoms with Gasteiger partial charge in [0.15, 0.2) is 0 Å². The molecule has 0 aliphatic heterocycles. The van der Waals surface area contributed by atoms with E-state index in [0.29, 0.717) is 5.56 Å². The standard InChI is InChI=1S/C11H14N2O4S2/c1-9-4-3-5-11(10(9)8-12)13-19(16,17)7-6-18(2,14)15/h3-5,13H,6-7H2,1-2H3. The molecule has 1 aromatic carbocycles. The van der Waals surface area contributed by atoms with E-state index >= 15 is 0 Å². The summed E-state index contributed by atoms with van der Waals surface area (Å²) < 4.78 is 47.6. The van der Waals surface area contributed by atoms with Crippen molar-refractivity contribution >= 4 is 25.5 Å². The molecule has 0 unspecified atom stereocenters. The van der Waals surface area contributed by atoms with Gasteiger partial charge in [-0.2, -0.15) is 5.26 Å². The number of sulfone groups is 1. The van der Waals surface area contributed by atoms with E-state index in [2.05, 4.69) is 4.72 Å². The fourth-order valence-corrected chi connectivity index (χ4v) is 4.08. The second-order valence-electron chi connectivity index (χ2n) is 4.16. The normalized spacial score (nSPS) is 11.8. The third-order valence-electron chi connectivity index (χ3n) is 2.37. The van der Waals surface area contributed by atoms with E-state index in [0.717, 1.165) is 6.26 Å². The number of sulfonamides is 1. The molecule has 0 saturated heterocycles. The molecular weight excluding hydrogens is 288 g/mol. The van der Waals surface area contributed by atoms with Crippen molar-refractivity contribution in [1.82, 2.24) is 0 Å². The third-order valence-corrected chi connectivity index (χ3v) is 4.85. The van der Waals surface area contributed by atoms with Crippen molar-refractivity contribution in [2.75, 3.05) is 22.5 Å². The quantitative estimate of drug-likeness (QED) is 0.860. The highest BCUT2D eigenvalue weighted by molar-refractivity contribution is 7.95. The van der Waals surface area contributed by atoms with Gasteiger partial charge in [-0.25, -0.2) is 16.8 Å². The van der Waals surface area contributed by atoms with E-state index in [4.69, 9.17) is 5.26 Å². The first-order chi connectivity index (χ1) is 8.64. The molecule has 0 aliphatic rings. The van der Waals surface area contributed by atoms with Crippen LogP contribution in [-0.4, -0.2) is 34.6 Å². The van der Waals surface area contributed by atoms with E-state index < -0.39 is 31.4 Å². The summed E-state index contributed by atoms with van der Waals surface area (Å²) >= 11 is 0. The van der Waals surface area contributed by atoms with Crippen molar-refractivity contribution in [3.05, 3.63) is 29.3 Å². The Morgan fingerprint density at radius 2 is 1.84 bits per heavy atom. The number of hydrogen-bond donors (Lipinski definition) is 1. The Morgan fingerprint density at radius 3 is 2.37 bits per heavy atom. The van der Waals surface area contributed by atoms with Gasteiger partial charge in [-0.1, -0.05) is 12.1 Å². The summed E-state index contributed by atoms with van der Waals surface area (Å²) in [5.41, 5.74) is 1.03. The van der Waals surface area contributed by atoms with Crippen LogP contribution in [-0.2, 0) is 19.9 Å². The van der Waals surface area contributed by atoms with Crippen molar-refractivity contribution in [2.45, 2.75) is 6.92 Å². The molecule has 1 rings (SSSR count). The summed E-state index contributed by atoms with van der Waals surface area (Å²) in [4.78, 5) is 0. The number of aryl methyl sites for hydroxylation is 1. The van der Waals surface area contributed by atoms with E-state index in [-0.39, 0.29) is 11.3 Å². The number of anilines is 1. The molecule has 0 bridgehead atoms. The highest BCUT2D eigenvalue weighted by atomic mass is 32.2. The zero-order valence-electron chi connectivity index (χ0n) is 10.5. The maximum Gasteiger partial charge on any atom is 0.233 e. The molecule has 1 N–H and O–H groups in total. The maximum absolute atomic E-state index is 11.7. The van der Waals surface area contributed by atoms with Crippen LogP contribution in [0.3, 0.4) is 0 Å². The van der Waals surface area contributed by atoms with E-state index in [1.54, 1.807) is 19.1 Å². The van der Waals surface area contributed by atoms with Gasteiger partial charge in [-0.05, 0) is 18.6 Å². The van der Waals surface area contributed by atoms with E-state index in [1.165, 1.54) is 6.07 Å². The highest BCUT2D eigenvalue weighted by Gasteiger charge is 2.16. The zero-order valence-corrected chi connectivity index (χ0v) is 12.2. The summed E-state index contributed by atoms with van der Waals surface area (Å²) in [6.07, 6.45) is 0.968. The molecule has 0 radical (unpaired) electrons. The summed E-state index contributed by atoms with van der Waals surface area (Å²) in [6, 6.07) is 6.68. The largest absolute Gasteiger partial charge is 0.282 e. The molecule has 0 heterocycles. The van der Waals surface area contributed by atoms with Gasteiger partial charge in [0, 0.05) is 6.26 Å². The van der Waals surface area contributed by atoms with Crippen molar-refractivity contribution in [3.63, 3.8) is 0 Å². The Balaban J connectivity index is 2.97. The molecular formula is C11H14N2O4S2. The summed E-state index contributed by atoms with van der Waals surface area (Å²) in [5, 5.41) is 8.97. The Bertz CT molecular complexity index is 716. The Morgan fingerprint density at radius 1 is 1.21 bits per heavy atom. The van der Waals surface area contributed by atoms with Gasteiger partial charge < -0.3 is 0 Å². The van der Waals surface area contributed by atoms with Crippen LogP contribution in [0.2, 0.25) is 0 Å². The molecule has 0 amide bonds. The second-order valence-corrected chi connectivity index (χ2v) is 8.26. The van der Waals surface area contributed by atoms with Crippen LogP contribution in [0.25, 0.3) is 0 Å². The van der Waals surface area contributed by atoms with Crippen LogP contribution < -0.4 is 4.72 Å². The van der Waals surface area contributed by atoms with Gasteiger partial charge in [0.25, 0.3) is 0 Å². The first kappa shape index (κ1) is 15.5. The zero-order chi connectivity index (χ0) is 14.7. The lowest BCUT2D eigenvalue weighted by Crippen LogP contribution is -2.22. The molecule has 104 valence electrons.